The molecule has 7 heteroatoms. The smallest absolute Gasteiger partial charge is 0.147 e. The summed E-state index contributed by atoms with van der Waals surface area (Å²) in [7, 11) is -2.91. The second-order valence-corrected chi connectivity index (χ2v) is 9.37. The molecule has 3 rings (SSSR count). The Morgan fingerprint density at radius 3 is 2.60 bits per heavy atom. The fraction of sp³-hybridized carbons (Fsp3) is 0.444. The highest BCUT2D eigenvalue weighted by molar-refractivity contribution is 7.90. The summed E-state index contributed by atoms with van der Waals surface area (Å²) in [5.41, 5.74) is 2.94. The Morgan fingerprint density at radius 2 is 1.96 bits per heavy atom. The van der Waals surface area contributed by atoms with Crippen LogP contribution in [0.25, 0.3) is 11.3 Å². The van der Waals surface area contributed by atoms with Crippen LogP contribution in [0.4, 0.5) is 5.82 Å². The predicted octanol–water partition coefficient (Wildman–Crippen LogP) is 3.37. The van der Waals surface area contributed by atoms with Crippen molar-refractivity contribution >= 4 is 27.3 Å². The minimum absolute atomic E-state index is 0.245. The molecule has 25 heavy (non-hydrogen) atoms. The van der Waals surface area contributed by atoms with Crippen LogP contribution in [-0.4, -0.2) is 43.5 Å². The number of pyridine rings is 2. The number of aromatic nitrogens is 2. The molecule has 0 aromatic carbocycles. The number of sulfone groups is 1. The minimum Gasteiger partial charge on any atom is -0.357 e. The van der Waals surface area contributed by atoms with E-state index in [4.69, 9.17) is 11.6 Å². The summed E-state index contributed by atoms with van der Waals surface area (Å²) < 4.78 is 22.9. The number of aryl methyl sites for hydroxylation is 1. The summed E-state index contributed by atoms with van der Waals surface area (Å²) in [4.78, 5) is 11.1. The molecule has 1 saturated heterocycles. The van der Waals surface area contributed by atoms with E-state index in [0.717, 1.165) is 48.6 Å². The van der Waals surface area contributed by atoms with Gasteiger partial charge in [-0.05, 0) is 49.4 Å². The van der Waals surface area contributed by atoms with Crippen LogP contribution in [0.3, 0.4) is 0 Å². The molecule has 0 atom stereocenters. The van der Waals surface area contributed by atoms with Crippen LogP contribution in [0, 0.1) is 12.8 Å². The summed E-state index contributed by atoms with van der Waals surface area (Å²) in [5.74, 6) is 1.43. The first-order valence-corrected chi connectivity index (χ1v) is 10.8. The molecule has 0 saturated carbocycles. The van der Waals surface area contributed by atoms with Crippen LogP contribution < -0.4 is 4.90 Å². The largest absolute Gasteiger partial charge is 0.357 e. The molecule has 3 heterocycles. The molecular weight excluding hydrogens is 358 g/mol. The van der Waals surface area contributed by atoms with Crippen LogP contribution in [0.1, 0.15) is 18.4 Å². The van der Waals surface area contributed by atoms with Gasteiger partial charge in [0.25, 0.3) is 0 Å². The first-order chi connectivity index (χ1) is 11.8. The lowest BCUT2D eigenvalue weighted by atomic mass is 9.99. The van der Waals surface area contributed by atoms with Crippen molar-refractivity contribution in [3.8, 4) is 11.3 Å². The number of halogens is 1. The Labute approximate surface area is 154 Å². The van der Waals surface area contributed by atoms with E-state index in [1.807, 2.05) is 25.1 Å². The maximum absolute atomic E-state index is 11.5. The normalized spacial score (nSPS) is 16.2. The van der Waals surface area contributed by atoms with E-state index in [1.165, 1.54) is 6.26 Å². The van der Waals surface area contributed by atoms with Crippen LogP contribution in [0.15, 0.2) is 30.6 Å². The minimum atomic E-state index is -2.91. The number of nitrogens with zero attached hydrogens (tertiary/aromatic N) is 3. The first-order valence-electron chi connectivity index (χ1n) is 8.33. The van der Waals surface area contributed by atoms with Crippen molar-refractivity contribution in [2.75, 3.05) is 30.0 Å². The van der Waals surface area contributed by atoms with Crippen molar-refractivity contribution in [3.05, 3.63) is 41.2 Å². The van der Waals surface area contributed by atoms with Crippen molar-refractivity contribution < 1.29 is 8.42 Å². The number of rotatable bonds is 4. The van der Waals surface area contributed by atoms with Gasteiger partial charge in [0.15, 0.2) is 0 Å². The summed E-state index contributed by atoms with van der Waals surface area (Å²) >= 11 is 5.99. The van der Waals surface area contributed by atoms with Crippen LogP contribution in [0.2, 0.25) is 5.02 Å². The molecule has 0 spiro atoms. The summed E-state index contributed by atoms with van der Waals surface area (Å²) in [6, 6.07) is 5.89. The molecule has 0 radical (unpaired) electrons. The molecule has 1 fully saturated rings. The van der Waals surface area contributed by atoms with Crippen molar-refractivity contribution in [1.29, 1.82) is 0 Å². The number of piperidine rings is 1. The fourth-order valence-electron chi connectivity index (χ4n) is 3.34. The van der Waals surface area contributed by atoms with Gasteiger partial charge in [0.1, 0.15) is 15.7 Å². The van der Waals surface area contributed by atoms with E-state index in [9.17, 15) is 8.42 Å². The Bertz CT molecular complexity index is 862. The molecule has 0 bridgehead atoms. The van der Waals surface area contributed by atoms with Gasteiger partial charge in [-0.1, -0.05) is 11.6 Å². The van der Waals surface area contributed by atoms with Crippen molar-refractivity contribution in [1.82, 2.24) is 9.97 Å². The molecule has 0 unspecified atom stereocenters. The van der Waals surface area contributed by atoms with E-state index < -0.39 is 9.84 Å². The zero-order valence-corrected chi connectivity index (χ0v) is 16.0. The van der Waals surface area contributed by atoms with Crippen molar-refractivity contribution in [3.63, 3.8) is 0 Å². The van der Waals surface area contributed by atoms with Gasteiger partial charge in [-0.3, -0.25) is 4.98 Å². The standard InChI is InChI=1S/C18H22ClN3O2S/c1-13-9-16(19)11-21-18(13)15-3-6-20-17(10-15)22-7-4-14(5-8-22)12-25(2,23)24/h3,6,9-11,14H,4-5,7-8,12H2,1-2H3. The number of hydrogen-bond acceptors (Lipinski definition) is 5. The Morgan fingerprint density at radius 1 is 1.24 bits per heavy atom. The van der Waals surface area contributed by atoms with Gasteiger partial charge in [-0.15, -0.1) is 0 Å². The third kappa shape index (κ3) is 4.70. The number of anilines is 1. The van der Waals surface area contributed by atoms with E-state index in [-0.39, 0.29) is 11.7 Å². The fourth-order valence-corrected chi connectivity index (χ4v) is 4.74. The third-order valence-electron chi connectivity index (χ3n) is 4.54. The molecule has 0 amide bonds. The summed E-state index contributed by atoms with van der Waals surface area (Å²) in [6.45, 7) is 3.64. The Kier molecular flexibility index (Phi) is 5.29. The second kappa shape index (κ2) is 7.30. The summed E-state index contributed by atoms with van der Waals surface area (Å²) in [6.07, 6.45) is 6.50. The zero-order chi connectivity index (χ0) is 18.0. The second-order valence-electron chi connectivity index (χ2n) is 6.74. The molecular formula is C18H22ClN3O2S. The van der Waals surface area contributed by atoms with Gasteiger partial charge >= 0.3 is 0 Å². The number of hydrogen-bond donors (Lipinski definition) is 0. The molecule has 134 valence electrons. The van der Waals surface area contributed by atoms with Crippen LogP contribution in [0.5, 0.6) is 0 Å². The van der Waals surface area contributed by atoms with Gasteiger partial charge in [0, 0.05) is 37.3 Å². The molecule has 2 aromatic rings. The average molecular weight is 380 g/mol. The lowest BCUT2D eigenvalue weighted by Gasteiger charge is -2.32. The predicted molar refractivity (Wildman–Crippen MR) is 102 cm³/mol. The molecule has 2 aromatic heterocycles. The molecule has 1 aliphatic heterocycles. The van der Waals surface area contributed by atoms with Crippen LogP contribution in [-0.2, 0) is 9.84 Å². The maximum atomic E-state index is 11.5. The maximum Gasteiger partial charge on any atom is 0.147 e. The van der Waals surface area contributed by atoms with Crippen molar-refractivity contribution in [2.45, 2.75) is 19.8 Å². The zero-order valence-electron chi connectivity index (χ0n) is 14.4. The molecule has 1 aliphatic rings. The van der Waals surface area contributed by atoms with Crippen molar-refractivity contribution in [2.24, 2.45) is 5.92 Å². The van der Waals surface area contributed by atoms with E-state index in [1.54, 1.807) is 12.4 Å². The van der Waals surface area contributed by atoms with Gasteiger partial charge in [-0.2, -0.15) is 0 Å². The first kappa shape index (κ1) is 18.1. The highest BCUT2D eigenvalue weighted by Crippen LogP contribution is 2.28. The third-order valence-corrected chi connectivity index (χ3v) is 5.82. The lowest BCUT2D eigenvalue weighted by Crippen LogP contribution is -2.36. The Hall–Kier alpha value is -1.66. The summed E-state index contributed by atoms with van der Waals surface area (Å²) in [5, 5.41) is 0.628. The quantitative estimate of drug-likeness (QED) is 0.814. The lowest BCUT2D eigenvalue weighted by molar-refractivity contribution is 0.435. The van der Waals surface area contributed by atoms with Crippen LogP contribution >= 0.6 is 11.6 Å². The SMILES string of the molecule is Cc1cc(Cl)cnc1-c1ccnc(N2CCC(CS(C)(=O)=O)CC2)c1. The highest BCUT2D eigenvalue weighted by atomic mass is 35.5. The van der Waals surface area contributed by atoms with Gasteiger partial charge in [0.05, 0.1) is 16.5 Å². The average Bonchev–Trinajstić information content (AvgIpc) is 2.54. The molecule has 0 N–H and O–H groups in total. The topological polar surface area (TPSA) is 63.2 Å². The Balaban J connectivity index is 1.74. The van der Waals surface area contributed by atoms with E-state index in [0.29, 0.717) is 5.02 Å². The van der Waals surface area contributed by atoms with Gasteiger partial charge in [-0.25, -0.2) is 13.4 Å². The van der Waals surface area contributed by atoms with E-state index >= 15 is 0 Å². The molecule has 5 nitrogen and oxygen atoms in total. The highest BCUT2D eigenvalue weighted by Gasteiger charge is 2.23. The van der Waals surface area contributed by atoms with Gasteiger partial charge in [0.2, 0.25) is 0 Å². The van der Waals surface area contributed by atoms with Gasteiger partial charge < -0.3 is 4.90 Å². The monoisotopic (exact) mass is 379 g/mol. The molecule has 0 aliphatic carbocycles. The van der Waals surface area contributed by atoms with E-state index in [2.05, 4.69) is 14.9 Å².